The van der Waals surface area contributed by atoms with E-state index in [0.717, 1.165) is 11.4 Å². The second-order valence-electron chi connectivity index (χ2n) is 2.25. The van der Waals surface area contributed by atoms with Crippen LogP contribution in [0.1, 0.15) is 0 Å². The first-order valence-electron chi connectivity index (χ1n) is 3.46. The molecule has 2 nitrogen and oxygen atoms in total. The zero-order valence-corrected chi connectivity index (χ0v) is 7.18. The molecule has 2 rings (SSSR count). The number of imidazole rings is 1. The third kappa shape index (κ3) is 1.76. The first-order valence-corrected chi connectivity index (χ1v) is 3.46. The maximum Gasteiger partial charge on any atom is 1.00 e. The maximum absolute atomic E-state index is 4.08. The van der Waals surface area contributed by atoms with Crippen molar-refractivity contribution < 1.29 is 17.1 Å². The van der Waals surface area contributed by atoms with Gasteiger partial charge in [-0.3, -0.25) is 0 Å². The van der Waals surface area contributed by atoms with Crippen molar-refractivity contribution in [2.24, 2.45) is 0 Å². The molecule has 0 radical (unpaired) electrons. The molecule has 0 N–H and O–H groups in total. The van der Waals surface area contributed by atoms with Crippen LogP contribution in [0.3, 0.4) is 0 Å². The van der Waals surface area contributed by atoms with E-state index in [4.69, 9.17) is 0 Å². The number of rotatable bonds is 1. The fourth-order valence-corrected chi connectivity index (χ4v) is 0.977. The van der Waals surface area contributed by atoms with Gasteiger partial charge in [-0.15, -0.1) is 0 Å². The van der Waals surface area contributed by atoms with E-state index in [-0.39, 0.29) is 17.1 Å². The molecule has 64 valence electrons. The second-order valence-corrected chi connectivity index (χ2v) is 2.25. The van der Waals surface area contributed by atoms with Crippen molar-refractivity contribution in [1.82, 2.24) is 9.97 Å². The van der Waals surface area contributed by atoms with Gasteiger partial charge in [0, 0.05) is 0 Å². The molecule has 0 aliphatic carbocycles. The molecule has 1 aromatic heterocycles. The number of benzene rings is 1. The molecule has 0 bridgehead atoms. The molecule has 12 heavy (non-hydrogen) atoms. The average Bonchev–Trinajstić information content (AvgIpc) is 2.58. The van der Waals surface area contributed by atoms with E-state index < -0.39 is 0 Å². The summed E-state index contributed by atoms with van der Waals surface area (Å²) in [5.74, 6) is 0.797. The van der Waals surface area contributed by atoms with E-state index in [9.17, 15) is 0 Å². The van der Waals surface area contributed by atoms with E-state index in [1.54, 1.807) is 12.4 Å². The molecule has 0 saturated carbocycles. The summed E-state index contributed by atoms with van der Waals surface area (Å²) in [6.45, 7) is 0. The molecule has 0 unspecified atom stereocenters. The maximum atomic E-state index is 4.08. The Morgan fingerprint density at radius 3 is 2.42 bits per heavy atom. The number of hydrogen-bond acceptors (Lipinski definition) is 1. The van der Waals surface area contributed by atoms with Crippen LogP contribution >= 0.6 is 0 Å². The van der Waals surface area contributed by atoms with Crippen LogP contribution in [0, 0.1) is 0 Å². The Morgan fingerprint density at radius 2 is 1.83 bits per heavy atom. The number of aromatic nitrogens is 2. The van der Waals surface area contributed by atoms with Crippen LogP contribution in [0.25, 0.3) is 11.4 Å². The van der Waals surface area contributed by atoms with E-state index in [2.05, 4.69) is 9.97 Å². The number of nitrogens with zero attached hydrogens (tertiary/aromatic N) is 2. The minimum atomic E-state index is 0. The van der Waals surface area contributed by atoms with E-state index in [1.165, 1.54) is 0 Å². The van der Waals surface area contributed by atoms with Crippen molar-refractivity contribution in [3.8, 4) is 11.4 Å². The van der Waals surface area contributed by atoms with Gasteiger partial charge in [0.05, 0.1) is 0 Å². The zero-order valence-electron chi connectivity index (χ0n) is 6.24. The zero-order chi connectivity index (χ0) is 7.52. The summed E-state index contributed by atoms with van der Waals surface area (Å²) >= 11 is 0. The summed E-state index contributed by atoms with van der Waals surface area (Å²) in [6.07, 6.45) is 3.39. The molecule has 1 heterocycles. The predicted octanol–water partition coefficient (Wildman–Crippen LogP) is 1.70. The smallest absolute Gasteiger partial charge is 0.442 e. The van der Waals surface area contributed by atoms with Gasteiger partial charge in [-0.1, -0.05) is 48.5 Å². The minimum absolute atomic E-state index is 0. The van der Waals surface area contributed by atoms with Crippen LogP contribution in [-0.4, -0.2) is 4.98 Å². The van der Waals surface area contributed by atoms with Gasteiger partial charge >= 0.3 is 17.1 Å². The standard InChI is InChI=1S/C9H7N2.Cu/c1-2-4-8(5-3-1)9-10-6-7-11-9;/h1-7H;/q-1;+1. The van der Waals surface area contributed by atoms with Gasteiger partial charge < -0.3 is 9.97 Å². The van der Waals surface area contributed by atoms with Gasteiger partial charge in [0.1, 0.15) is 0 Å². The second kappa shape index (κ2) is 4.10. The fraction of sp³-hybridized carbons (Fsp3) is 0. The molecular weight excluding hydrogens is 200 g/mol. The third-order valence-corrected chi connectivity index (χ3v) is 1.49. The molecule has 0 spiro atoms. The van der Waals surface area contributed by atoms with Crippen molar-refractivity contribution in [2.75, 3.05) is 0 Å². The predicted molar refractivity (Wildman–Crippen MR) is 43.0 cm³/mol. The van der Waals surface area contributed by atoms with E-state index in [1.807, 2.05) is 30.3 Å². The molecule has 0 amide bonds. The largest absolute Gasteiger partial charge is 1.00 e. The summed E-state index contributed by atoms with van der Waals surface area (Å²) in [6, 6.07) is 9.93. The van der Waals surface area contributed by atoms with Crippen LogP contribution in [0.4, 0.5) is 0 Å². The van der Waals surface area contributed by atoms with Crippen LogP contribution in [0.2, 0.25) is 0 Å². The molecular formula is C9H7CuN2. The molecule has 0 fully saturated rings. The summed E-state index contributed by atoms with van der Waals surface area (Å²) in [4.78, 5) is 8.15. The van der Waals surface area contributed by atoms with Gasteiger partial charge in [-0.2, -0.15) is 0 Å². The van der Waals surface area contributed by atoms with Gasteiger partial charge in [0.25, 0.3) is 0 Å². The normalized spacial score (nSPS) is 9.00. The Kier molecular flexibility index (Phi) is 3.09. The molecule has 3 heteroatoms. The van der Waals surface area contributed by atoms with Crippen molar-refractivity contribution in [1.29, 1.82) is 0 Å². The topological polar surface area (TPSA) is 27.0 Å². The monoisotopic (exact) mass is 206 g/mol. The van der Waals surface area contributed by atoms with Gasteiger partial charge in [0.15, 0.2) is 0 Å². The third-order valence-electron chi connectivity index (χ3n) is 1.49. The SMILES string of the molecule is [Cu+].c1ccc(-c2ncc[n-]2)cc1. The van der Waals surface area contributed by atoms with Crippen molar-refractivity contribution in [3.05, 3.63) is 42.7 Å². The molecule has 0 atom stereocenters. The molecule has 0 saturated heterocycles. The Bertz CT molecular complexity index is 316. The Hall–Kier alpha value is -1.05. The van der Waals surface area contributed by atoms with Gasteiger partial charge in [0.2, 0.25) is 0 Å². The molecule has 2 aromatic rings. The van der Waals surface area contributed by atoms with Gasteiger partial charge in [-0.05, 0) is 5.56 Å². The summed E-state index contributed by atoms with van der Waals surface area (Å²) in [7, 11) is 0. The van der Waals surface area contributed by atoms with Crippen LogP contribution in [0.15, 0.2) is 42.7 Å². The van der Waals surface area contributed by atoms with Crippen LogP contribution in [-0.2, 0) is 17.1 Å². The van der Waals surface area contributed by atoms with Gasteiger partial charge in [-0.25, -0.2) is 0 Å². The molecule has 0 aliphatic rings. The van der Waals surface area contributed by atoms with E-state index in [0.29, 0.717) is 0 Å². The minimum Gasteiger partial charge on any atom is -0.442 e. The molecule has 0 aliphatic heterocycles. The van der Waals surface area contributed by atoms with Crippen molar-refractivity contribution in [3.63, 3.8) is 0 Å². The van der Waals surface area contributed by atoms with Crippen LogP contribution < -0.4 is 4.98 Å². The number of hydrogen-bond donors (Lipinski definition) is 0. The van der Waals surface area contributed by atoms with Crippen LogP contribution in [0.5, 0.6) is 0 Å². The Labute approximate surface area is 81.5 Å². The van der Waals surface area contributed by atoms with Crippen molar-refractivity contribution in [2.45, 2.75) is 0 Å². The summed E-state index contributed by atoms with van der Waals surface area (Å²) in [5, 5.41) is 0. The van der Waals surface area contributed by atoms with Crippen molar-refractivity contribution >= 4 is 0 Å². The molecule has 1 aromatic carbocycles. The Balaban J connectivity index is 0.000000720. The Morgan fingerprint density at radius 1 is 1.08 bits per heavy atom. The first-order chi connectivity index (χ1) is 5.47. The summed E-state index contributed by atoms with van der Waals surface area (Å²) in [5.41, 5.74) is 1.07. The fourth-order valence-electron chi connectivity index (χ4n) is 0.977. The van der Waals surface area contributed by atoms with E-state index >= 15 is 0 Å². The quantitative estimate of drug-likeness (QED) is 0.665. The first kappa shape index (κ1) is 9.04. The summed E-state index contributed by atoms with van der Waals surface area (Å²) < 4.78 is 0. The average molecular weight is 207 g/mol.